The van der Waals surface area contributed by atoms with E-state index in [9.17, 15) is 4.39 Å². The molecule has 0 saturated heterocycles. The van der Waals surface area contributed by atoms with Crippen molar-refractivity contribution in [2.75, 3.05) is 12.4 Å². The molecule has 2 aromatic heterocycles. The Morgan fingerprint density at radius 1 is 0.963 bits per heavy atom. The number of anilines is 1. The summed E-state index contributed by atoms with van der Waals surface area (Å²) in [6.45, 7) is 0. The maximum atomic E-state index is 15.3. The molecule has 0 aliphatic heterocycles. The summed E-state index contributed by atoms with van der Waals surface area (Å²) in [5, 5.41) is 2.99. The number of rotatable bonds is 3. The van der Waals surface area contributed by atoms with Gasteiger partial charge >= 0.3 is 0 Å². The summed E-state index contributed by atoms with van der Waals surface area (Å²) in [5.41, 5.74) is 1.59. The molecule has 0 aliphatic carbocycles. The van der Waals surface area contributed by atoms with Crippen LogP contribution in [0.3, 0.4) is 0 Å². The molecule has 2 heterocycles. The van der Waals surface area contributed by atoms with Crippen LogP contribution in [0, 0.1) is 11.6 Å². The molecule has 4 aromatic rings. The molecular weight excluding hydrogens is 370 g/mol. The molecule has 2 aromatic carbocycles. The summed E-state index contributed by atoms with van der Waals surface area (Å²) in [6, 6.07) is 11.1. The number of fused-ring (bicyclic) bond motifs is 1. The Morgan fingerprint density at radius 3 is 2.56 bits per heavy atom. The maximum absolute atomic E-state index is 15.3. The third kappa shape index (κ3) is 2.98. The van der Waals surface area contributed by atoms with E-state index in [0.717, 1.165) is 0 Å². The van der Waals surface area contributed by atoms with Gasteiger partial charge in [-0.25, -0.2) is 18.7 Å². The quantitative estimate of drug-likeness (QED) is 0.520. The fourth-order valence-electron chi connectivity index (χ4n) is 2.91. The minimum atomic E-state index is -0.606. The van der Waals surface area contributed by atoms with E-state index in [-0.39, 0.29) is 21.5 Å². The van der Waals surface area contributed by atoms with E-state index < -0.39 is 11.6 Å². The van der Waals surface area contributed by atoms with Crippen LogP contribution in [0.15, 0.2) is 54.9 Å². The van der Waals surface area contributed by atoms with Gasteiger partial charge in [-0.05, 0) is 30.3 Å². The number of hydrogen-bond donors (Lipinski definition) is 1. The summed E-state index contributed by atoms with van der Waals surface area (Å²) >= 11 is 6.03. The summed E-state index contributed by atoms with van der Waals surface area (Å²) in [5.74, 6) is -0.422. The van der Waals surface area contributed by atoms with E-state index in [1.165, 1.54) is 18.2 Å². The van der Waals surface area contributed by atoms with Gasteiger partial charge in [0.1, 0.15) is 17.5 Å². The SMILES string of the molecule is CNc1nc(-c2cccnc2)nc2ccc(-c3cccc(F)c3Cl)c(F)c12. The Morgan fingerprint density at radius 2 is 1.81 bits per heavy atom. The Kier molecular flexibility index (Phi) is 4.41. The van der Waals surface area contributed by atoms with Crippen LogP contribution in [-0.2, 0) is 0 Å². The zero-order valence-electron chi connectivity index (χ0n) is 14.2. The van der Waals surface area contributed by atoms with Gasteiger partial charge in [-0.1, -0.05) is 23.7 Å². The Labute approximate surface area is 158 Å². The average Bonchev–Trinajstić information content (AvgIpc) is 2.70. The van der Waals surface area contributed by atoms with Crippen LogP contribution in [-0.4, -0.2) is 22.0 Å². The average molecular weight is 383 g/mol. The number of nitrogens with zero attached hydrogens (tertiary/aromatic N) is 3. The van der Waals surface area contributed by atoms with Gasteiger partial charge < -0.3 is 5.32 Å². The number of nitrogens with one attached hydrogen (secondary N) is 1. The van der Waals surface area contributed by atoms with Crippen LogP contribution in [0.4, 0.5) is 14.6 Å². The minimum absolute atomic E-state index is 0.130. The Hall–Kier alpha value is -3.12. The van der Waals surface area contributed by atoms with Crippen molar-refractivity contribution in [2.45, 2.75) is 0 Å². The van der Waals surface area contributed by atoms with Crippen LogP contribution >= 0.6 is 11.6 Å². The van der Waals surface area contributed by atoms with Crippen molar-refractivity contribution in [2.24, 2.45) is 0 Å². The second-order valence-electron chi connectivity index (χ2n) is 5.81. The van der Waals surface area contributed by atoms with Gasteiger partial charge in [-0.15, -0.1) is 0 Å². The van der Waals surface area contributed by atoms with Crippen LogP contribution in [0.1, 0.15) is 0 Å². The molecule has 7 heteroatoms. The van der Waals surface area contributed by atoms with Crippen molar-refractivity contribution in [3.8, 4) is 22.5 Å². The van der Waals surface area contributed by atoms with Crippen molar-refractivity contribution in [1.29, 1.82) is 0 Å². The van der Waals surface area contributed by atoms with Gasteiger partial charge in [0.25, 0.3) is 0 Å². The molecule has 0 aliphatic rings. The fraction of sp³-hybridized carbons (Fsp3) is 0.0500. The van der Waals surface area contributed by atoms with Crippen LogP contribution in [0.5, 0.6) is 0 Å². The molecule has 4 rings (SSSR count). The zero-order valence-corrected chi connectivity index (χ0v) is 14.9. The number of aromatic nitrogens is 3. The fourth-order valence-corrected chi connectivity index (χ4v) is 3.14. The van der Waals surface area contributed by atoms with E-state index in [1.54, 1.807) is 37.6 Å². The van der Waals surface area contributed by atoms with E-state index in [4.69, 9.17) is 11.6 Å². The molecule has 0 unspecified atom stereocenters. The van der Waals surface area contributed by atoms with E-state index in [2.05, 4.69) is 20.3 Å². The highest BCUT2D eigenvalue weighted by Gasteiger charge is 2.18. The first kappa shape index (κ1) is 17.3. The first-order valence-corrected chi connectivity index (χ1v) is 8.50. The number of pyridine rings is 1. The van der Waals surface area contributed by atoms with Crippen LogP contribution in [0.25, 0.3) is 33.4 Å². The summed E-state index contributed by atoms with van der Waals surface area (Å²) in [7, 11) is 1.65. The smallest absolute Gasteiger partial charge is 0.163 e. The zero-order chi connectivity index (χ0) is 19.0. The molecule has 0 saturated carbocycles. The Balaban J connectivity index is 1.97. The van der Waals surface area contributed by atoms with Gasteiger partial charge in [-0.3, -0.25) is 4.98 Å². The lowest BCUT2D eigenvalue weighted by Gasteiger charge is -2.12. The summed E-state index contributed by atoms with van der Waals surface area (Å²) in [6.07, 6.45) is 3.29. The third-order valence-electron chi connectivity index (χ3n) is 4.20. The predicted octanol–water partition coefficient (Wildman–Crippen LogP) is 5.33. The van der Waals surface area contributed by atoms with Crippen molar-refractivity contribution in [1.82, 2.24) is 15.0 Å². The lowest BCUT2D eigenvalue weighted by Crippen LogP contribution is -2.01. The molecule has 0 bridgehead atoms. The van der Waals surface area contributed by atoms with Crippen molar-refractivity contribution >= 4 is 28.3 Å². The molecule has 0 amide bonds. The van der Waals surface area contributed by atoms with E-state index in [1.807, 2.05) is 6.07 Å². The number of benzene rings is 2. The summed E-state index contributed by atoms with van der Waals surface area (Å²) < 4.78 is 29.1. The molecule has 1 N–H and O–H groups in total. The molecule has 0 fully saturated rings. The third-order valence-corrected chi connectivity index (χ3v) is 4.58. The maximum Gasteiger partial charge on any atom is 0.163 e. The second kappa shape index (κ2) is 6.89. The molecule has 134 valence electrons. The van der Waals surface area contributed by atoms with E-state index in [0.29, 0.717) is 22.7 Å². The molecule has 0 spiro atoms. The highest BCUT2D eigenvalue weighted by atomic mass is 35.5. The van der Waals surface area contributed by atoms with Crippen molar-refractivity contribution in [3.05, 3.63) is 71.5 Å². The normalized spacial score (nSPS) is 11.0. The van der Waals surface area contributed by atoms with Crippen LogP contribution < -0.4 is 5.32 Å². The lowest BCUT2D eigenvalue weighted by molar-refractivity contribution is 0.627. The first-order chi connectivity index (χ1) is 13.1. The first-order valence-electron chi connectivity index (χ1n) is 8.13. The van der Waals surface area contributed by atoms with Gasteiger partial charge in [0, 0.05) is 36.1 Å². The molecule has 4 nitrogen and oxygen atoms in total. The van der Waals surface area contributed by atoms with E-state index >= 15 is 4.39 Å². The highest BCUT2D eigenvalue weighted by molar-refractivity contribution is 6.33. The predicted molar refractivity (Wildman–Crippen MR) is 103 cm³/mol. The molecule has 0 atom stereocenters. The van der Waals surface area contributed by atoms with Gasteiger partial charge in [0.2, 0.25) is 0 Å². The standard InChI is InChI=1S/C20H13ClF2N4/c1-24-20-16-15(26-19(27-20)11-4-3-9-25-10-11)8-7-13(18(16)23)12-5-2-6-14(22)17(12)21/h2-10H,1H3,(H,24,26,27). The van der Waals surface area contributed by atoms with Crippen molar-refractivity contribution in [3.63, 3.8) is 0 Å². The minimum Gasteiger partial charge on any atom is -0.372 e. The largest absolute Gasteiger partial charge is 0.372 e. The lowest BCUT2D eigenvalue weighted by atomic mass is 10.0. The monoisotopic (exact) mass is 382 g/mol. The molecular formula is C20H13ClF2N4. The number of halogens is 3. The van der Waals surface area contributed by atoms with Gasteiger partial charge in [-0.2, -0.15) is 0 Å². The molecule has 0 radical (unpaired) electrons. The van der Waals surface area contributed by atoms with Crippen molar-refractivity contribution < 1.29 is 8.78 Å². The highest BCUT2D eigenvalue weighted by Crippen LogP contribution is 2.36. The second-order valence-corrected chi connectivity index (χ2v) is 6.19. The number of hydrogen-bond acceptors (Lipinski definition) is 4. The molecule has 27 heavy (non-hydrogen) atoms. The van der Waals surface area contributed by atoms with Gasteiger partial charge in [0.15, 0.2) is 5.82 Å². The Bertz CT molecular complexity index is 1150. The summed E-state index contributed by atoms with van der Waals surface area (Å²) in [4.78, 5) is 12.9. The van der Waals surface area contributed by atoms with Gasteiger partial charge in [0.05, 0.1) is 15.9 Å². The topological polar surface area (TPSA) is 50.7 Å². The van der Waals surface area contributed by atoms with Crippen LogP contribution in [0.2, 0.25) is 5.02 Å².